The first-order valence-electron chi connectivity index (χ1n) is 7.68. The highest BCUT2D eigenvalue weighted by atomic mass is 35.5. The molecule has 0 spiro atoms. The van der Waals surface area contributed by atoms with Gasteiger partial charge in [-0.2, -0.15) is 5.10 Å². The monoisotopic (exact) mass is 320 g/mol. The molecule has 118 valence electrons. The van der Waals surface area contributed by atoms with Crippen LogP contribution in [0.4, 0.5) is 5.69 Å². The van der Waals surface area contributed by atoms with Crippen molar-refractivity contribution in [1.29, 1.82) is 0 Å². The predicted octanol–water partition coefficient (Wildman–Crippen LogP) is 3.10. The number of aliphatic hydroxyl groups excluding tert-OH is 1. The fourth-order valence-corrected chi connectivity index (χ4v) is 3.28. The van der Waals surface area contributed by atoms with Gasteiger partial charge in [-0.3, -0.25) is 4.68 Å². The van der Waals surface area contributed by atoms with E-state index in [-0.39, 0.29) is 6.61 Å². The van der Waals surface area contributed by atoms with Gasteiger partial charge in [0.15, 0.2) is 0 Å². The summed E-state index contributed by atoms with van der Waals surface area (Å²) in [6.07, 6.45) is 8.02. The lowest BCUT2D eigenvalue weighted by molar-refractivity contribution is 0.184. The predicted molar refractivity (Wildman–Crippen MR) is 87.9 cm³/mol. The van der Waals surface area contributed by atoms with E-state index in [0.717, 1.165) is 42.6 Å². The number of nitrogens with one attached hydrogen (secondary N) is 1. The maximum Gasteiger partial charge on any atom is 0.131 e. The molecule has 2 aromatic rings. The van der Waals surface area contributed by atoms with Crippen molar-refractivity contribution in [3.8, 4) is 11.3 Å². The summed E-state index contributed by atoms with van der Waals surface area (Å²) in [6, 6.07) is 4.17. The van der Waals surface area contributed by atoms with Crippen molar-refractivity contribution in [3.05, 3.63) is 29.7 Å². The Labute approximate surface area is 135 Å². The summed E-state index contributed by atoms with van der Waals surface area (Å²) in [7, 11) is 1.90. The minimum Gasteiger partial charge on any atom is -0.396 e. The molecule has 0 bridgehead atoms. The zero-order valence-corrected chi connectivity index (χ0v) is 13.4. The highest BCUT2D eigenvalue weighted by Gasteiger charge is 2.22. The van der Waals surface area contributed by atoms with Gasteiger partial charge < -0.3 is 10.4 Å². The van der Waals surface area contributed by atoms with Crippen LogP contribution in [0.2, 0.25) is 5.15 Å². The Morgan fingerprint density at radius 3 is 3.05 bits per heavy atom. The van der Waals surface area contributed by atoms with Crippen molar-refractivity contribution in [2.45, 2.75) is 31.7 Å². The number of aromatic nitrogens is 3. The number of hydrogen-bond donors (Lipinski definition) is 2. The van der Waals surface area contributed by atoms with E-state index >= 15 is 0 Å². The molecule has 0 aromatic carbocycles. The van der Waals surface area contributed by atoms with Crippen LogP contribution in [0.3, 0.4) is 0 Å². The van der Waals surface area contributed by atoms with Crippen LogP contribution in [0.25, 0.3) is 11.3 Å². The summed E-state index contributed by atoms with van der Waals surface area (Å²) in [6.45, 7) is 0.266. The van der Waals surface area contributed by atoms with E-state index in [1.54, 1.807) is 10.9 Å². The molecule has 1 aliphatic carbocycles. The lowest BCUT2D eigenvalue weighted by Gasteiger charge is -2.30. The summed E-state index contributed by atoms with van der Waals surface area (Å²) in [4.78, 5) is 4.19. The summed E-state index contributed by atoms with van der Waals surface area (Å²) < 4.78 is 1.77. The summed E-state index contributed by atoms with van der Waals surface area (Å²) in [5.41, 5.74) is 2.79. The molecule has 2 aromatic heterocycles. The minimum absolute atomic E-state index is 0.266. The molecule has 0 saturated heterocycles. The van der Waals surface area contributed by atoms with Crippen LogP contribution in [0.15, 0.2) is 24.5 Å². The average molecular weight is 321 g/mol. The number of hydrogen-bond acceptors (Lipinski definition) is 4. The number of anilines is 1. The SMILES string of the molecule is Cn1ccc(-c2cnc(Cl)cc2N[C@H]2CCC[C@H](CO)C2)n1. The molecular formula is C16H21ClN4O. The second-order valence-electron chi connectivity index (χ2n) is 5.98. The number of rotatable bonds is 4. The number of pyridine rings is 1. The van der Waals surface area contributed by atoms with Crippen molar-refractivity contribution >= 4 is 17.3 Å². The van der Waals surface area contributed by atoms with Crippen molar-refractivity contribution in [2.75, 3.05) is 11.9 Å². The van der Waals surface area contributed by atoms with Gasteiger partial charge in [0.25, 0.3) is 0 Å². The first-order chi connectivity index (χ1) is 10.7. The molecule has 5 nitrogen and oxygen atoms in total. The van der Waals surface area contributed by atoms with Gasteiger partial charge in [0.1, 0.15) is 5.15 Å². The normalized spacial score (nSPS) is 21.8. The average Bonchev–Trinajstić information content (AvgIpc) is 2.94. The Balaban J connectivity index is 1.84. The van der Waals surface area contributed by atoms with Crippen LogP contribution >= 0.6 is 11.6 Å². The van der Waals surface area contributed by atoms with Gasteiger partial charge in [0, 0.05) is 43.3 Å². The topological polar surface area (TPSA) is 63.0 Å². The number of nitrogens with zero attached hydrogens (tertiary/aromatic N) is 3. The summed E-state index contributed by atoms with van der Waals surface area (Å²) >= 11 is 6.07. The molecule has 1 aliphatic rings. The van der Waals surface area contributed by atoms with E-state index < -0.39 is 0 Å². The molecule has 0 aliphatic heterocycles. The van der Waals surface area contributed by atoms with Crippen LogP contribution in [-0.4, -0.2) is 32.5 Å². The van der Waals surface area contributed by atoms with Crippen LogP contribution in [0.5, 0.6) is 0 Å². The second kappa shape index (κ2) is 6.67. The highest BCUT2D eigenvalue weighted by Crippen LogP contribution is 2.32. The Bertz CT molecular complexity index is 643. The Kier molecular flexibility index (Phi) is 4.64. The fourth-order valence-electron chi connectivity index (χ4n) is 3.12. The van der Waals surface area contributed by atoms with Crippen LogP contribution < -0.4 is 5.32 Å². The zero-order valence-electron chi connectivity index (χ0n) is 12.7. The zero-order chi connectivity index (χ0) is 15.5. The van der Waals surface area contributed by atoms with E-state index in [0.29, 0.717) is 17.1 Å². The number of halogens is 1. The van der Waals surface area contributed by atoms with Gasteiger partial charge in [-0.25, -0.2) is 4.98 Å². The van der Waals surface area contributed by atoms with E-state index in [9.17, 15) is 5.11 Å². The Morgan fingerprint density at radius 2 is 2.32 bits per heavy atom. The molecular weight excluding hydrogens is 300 g/mol. The van der Waals surface area contributed by atoms with E-state index in [4.69, 9.17) is 11.6 Å². The molecule has 1 saturated carbocycles. The molecule has 1 fully saturated rings. The summed E-state index contributed by atoms with van der Waals surface area (Å²) in [5.74, 6) is 0.391. The van der Waals surface area contributed by atoms with Crippen molar-refractivity contribution in [3.63, 3.8) is 0 Å². The molecule has 2 heterocycles. The molecule has 6 heteroatoms. The lowest BCUT2D eigenvalue weighted by Crippen LogP contribution is -2.29. The van der Waals surface area contributed by atoms with Crippen LogP contribution in [0, 0.1) is 5.92 Å². The lowest BCUT2D eigenvalue weighted by atomic mass is 9.86. The molecule has 22 heavy (non-hydrogen) atoms. The van der Waals surface area contributed by atoms with Gasteiger partial charge in [-0.1, -0.05) is 18.0 Å². The smallest absolute Gasteiger partial charge is 0.131 e. The Morgan fingerprint density at radius 1 is 1.45 bits per heavy atom. The maximum absolute atomic E-state index is 9.38. The quantitative estimate of drug-likeness (QED) is 0.850. The van der Waals surface area contributed by atoms with Gasteiger partial charge >= 0.3 is 0 Å². The number of aliphatic hydroxyl groups is 1. The van der Waals surface area contributed by atoms with Gasteiger partial charge in [-0.05, 0) is 37.3 Å². The van der Waals surface area contributed by atoms with E-state index in [2.05, 4.69) is 15.4 Å². The van der Waals surface area contributed by atoms with Crippen LogP contribution in [-0.2, 0) is 7.05 Å². The third-order valence-corrected chi connectivity index (χ3v) is 4.47. The Hall–Kier alpha value is -1.59. The van der Waals surface area contributed by atoms with Gasteiger partial charge in [0.05, 0.1) is 5.69 Å². The molecule has 3 rings (SSSR count). The molecule has 0 amide bonds. The van der Waals surface area contributed by atoms with Crippen molar-refractivity contribution < 1.29 is 5.11 Å². The van der Waals surface area contributed by atoms with Crippen LogP contribution in [0.1, 0.15) is 25.7 Å². The largest absolute Gasteiger partial charge is 0.396 e. The van der Waals surface area contributed by atoms with E-state index in [1.165, 1.54) is 0 Å². The first kappa shape index (κ1) is 15.3. The second-order valence-corrected chi connectivity index (χ2v) is 6.37. The molecule has 2 atom stereocenters. The fraction of sp³-hybridized carbons (Fsp3) is 0.500. The minimum atomic E-state index is 0.266. The van der Waals surface area contributed by atoms with E-state index in [1.807, 2.05) is 25.4 Å². The third kappa shape index (κ3) is 3.42. The third-order valence-electron chi connectivity index (χ3n) is 4.26. The van der Waals surface area contributed by atoms with Gasteiger partial charge in [0.2, 0.25) is 0 Å². The van der Waals surface area contributed by atoms with Gasteiger partial charge in [-0.15, -0.1) is 0 Å². The summed E-state index contributed by atoms with van der Waals surface area (Å²) in [5, 5.41) is 17.9. The maximum atomic E-state index is 9.38. The molecule has 2 N–H and O–H groups in total. The standard InChI is InChI=1S/C16H21ClN4O/c1-21-6-5-14(20-21)13-9-18-16(17)8-15(13)19-12-4-2-3-11(7-12)10-22/h5-6,8-9,11-12,22H,2-4,7,10H2,1H3,(H,18,19)/t11-,12-/m0/s1. The highest BCUT2D eigenvalue weighted by molar-refractivity contribution is 6.29. The van der Waals surface area contributed by atoms with Crippen molar-refractivity contribution in [2.24, 2.45) is 13.0 Å². The molecule has 0 radical (unpaired) electrons. The van der Waals surface area contributed by atoms with Crippen molar-refractivity contribution in [1.82, 2.24) is 14.8 Å². The molecule has 0 unspecified atom stereocenters. The first-order valence-corrected chi connectivity index (χ1v) is 8.06. The number of aryl methyl sites for hydroxylation is 1.